The van der Waals surface area contributed by atoms with Crippen LogP contribution in [0.5, 0.6) is 11.6 Å². The van der Waals surface area contributed by atoms with Gasteiger partial charge in [0.05, 0.1) is 6.20 Å². The van der Waals surface area contributed by atoms with E-state index in [2.05, 4.69) is 9.97 Å². The van der Waals surface area contributed by atoms with E-state index in [1.54, 1.807) is 6.20 Å². The van der Waals surface area contributed by atoms with Gasteiger partial charge in [-0.05, 0) is 0 Å². The lowest BCUT2D eigenvalue weighted by Crippen LogP contribution is -1.82. The van der Waals surface area contributed by atoms with Gasteiger partial charge in [0.25, 0.3) is 5.88 Å². The second-order valence-electron chi connectivity index (χ2n) is 2.83. The van der Waals surface area contributed by atoms with Crippen molar-refractivity contribution in [1.29, 1.82) is 0 Å². The Labute approximate surface area is 75.0 Å². The van der Waals surface area contributed by atoms with Crippen molar-refractivity contribution in [3.8, 4) is 23.0 Å². The number of nitrogens with zero attached hydrogens (tertiary/aromatic N) is 2. The number of hydrogen-bond acceptors (Lipinski definition) is 3. The van der Waals surface area contributed by atoms with Crippen LogP contribution >= 0.6 is 0 Å². The third-order valence-electron chi connectivity index (χ3n) is 1.92. The molecule has 0 aliphatic carbocycles. The predicted molar refractivity (Wildman–Crippen MR) is 47.5 cm³/mol. The third kappa shape index (κ3) is 1.05. The van der Waals surface area contributed by atoms with E-state index in [1.807, 2.05) is 30.3 Å². The maximum absolute atomic E-state index is 5.03. The van der Waals surface area contributed by atoms with Gasteiger partial charge < -0.3 is 4.74 Å². The fourth-order valence-electron chi connectivity index (χ4n) is 1.21. The molecule has 3 heteroatoms. The van der Waals surface area contributed by atoms with Crippen LogP contribution in [0.1, 0.15) is 0 Å². The van der Waals surface area contributed by atoms with Gasteiger partial charge in [-0.15, -0.1) is 0 Å². The Morgan fingerprint density at radius 3 is 2.69 bits per heavy atom. The Morgan fingerprint density at radius 2 is 1.92 bits per heavy atom. The Hall–Kier alpha value is -1.90. The number of ether oxygens (including phenoxy) is 1. The molecular formula is C10H6N2O. The smallest absolute Gasteiger partial charge is 0.267 e. The van der Waals surface area contributed by atoms with E-state index in [9.17, 15) is 0 Å². The first-order valence-electron chi connectivity index (χ1n) is 4.04. The van der Waals surface area contributed by atoms with Crippen LogP contribution < -0.4 is 4.74 Å². The molecule has 2 aromatic rings. The minimum Gasteiger partial charge on any atom is -0.428 e. The highest BCUT2D eigenvalue weighted by Crippen LogP contribution is 2.42. The summed E-state index contributed by atoms with van der Waals surface area (Å²) in [6.07, 6.45) is 1.70. The number of aromatic nitrogens is 2. The van der Waals surface area contributed by atoms with Gasteiger partial charge >= 0.3 is 0 Å². The van der Waals surface area contributed by atoms with Crippen LogP contribution in [-0.4, -0.2) is 9.97 Å². The van der Waals surface area contributed by atoms with Crippen LogP contribution in [0.4, 0.5) is 0 Å². The summed E-state index contributed by atoms with van der Waals surface area (Å²) in [6, 6.07) is 9.85. The summed E-state index contributed by atoms with van der Waals surface area (Å²) in [5.41, 5.74) is 1.01. The van der Waals surface area contributed by atoms with E-state index in [-0.39, 0.29) is 0 Å². The highest BCUT2D eigenvalue weighted by molar-refractivity contribution is 5.59. The van der Waals surface area contributed by atoms with E-state index in [4.69, 9.17) is 4.74 Å². The molecule has 0 radical (unpaired) electrons. The van der Waals surface area contributed by atoms with Crippen LogP contribution in [0.2, 0.25) is 0 Å². The zero-order valence-electron chi connectivity index (χ0n) is 6.77. The monoisotopic (exact) mass is 170 g/mol. The topological polar surface area (TPSA) is 38.3 Å². The predicted octanol–water partition coefficient (Wildman–Crippen LogP) is 2.25. The van der Waals surface area contributed by atoms with Crippen molar-refractivity contribution >= 4 is 0 Å². The van der Waals surface area contributed by atoms with Gasteiger partial charge in [0.1, 0.15) is 0 Å². The molecular weight excluding hydrogens is 164 g/mol. The summed E-state index contributed by atoms with van der Waals surface area (Å²) in [4.78, 5) is 8.37. The molecule has 3 nitrogen and oxygen atoms in total. The maximum Gasteiger partial charge on any atom is 0.267 e. The minimum atomic E-state index is 0.703. The summed E-state index contributed by atoms with van der Waals surface area (Å²) in [6.45, 7) is 0. The summed E-state index contributed by atoms with van der Waals surface area (Å²) < 4.78 is 5.03. The van der Waals surface area contributed by atoms with E-state index in [0.29, 0.717) is 5.88 Å². The second-order valence-corrected chi connectivity index (χ2v) is 2.83. The Bertz CT molecular complexity index is 454. The van der Waals surface area contributed by atoms with Crippen molar-refractivity contribution in [2.45, 2.75) is 0 Å². The van der Waals surface area contributed by atoms with Crippen molar-refractivity contribution in [3.05, 3.63) is 36.5 Å². The molecule has 0 saturated carbocycles. The third-order valence-corrected chi connectivity index (χ3v) is 1.92. The molecule has 1 aliphatic heterocycles. The summed E-state index contributed by atoms with van der Waals surface area (Å²) >= 11 is 0. The molecule has 2 heterocycles. The first kappa shape index (κ1) is 6.60. The fraction of sp³-hybridized carbons (Fsp3) is 0. The van der Waals surface area contributed by atoms with E-state index in [0.717, 1.165) is 17.1 Å². The first-order valence-corrected chi connectivity index (χ1v) is 4.04. The van der Waals surface area contributed by atoms with Crippen molar-refractivity contribution in [2.75, 3.05) is 0 Å². The van der Waals surface area contributed by atoms with Gasteiger partial charge in [-0.25, -0.2) is 4.98 Å². The largest absolute Gasteiger partial charge is 0.428 e. The first-order chi connectivity index (χ1) is 6.43. The van der Waals surface area contributed by atoms with Crippen LogP contribution in [0.25, 0.3) is 11.4 Å². The Morgan fingerprint density at radius 1 is 1.08 bits per heavy atom. The molecule has 0 amide bonds. The minimum absolute atomic E-state index is 0.703. The van der Waals surface area contributed by atoms with Gasteiger partial charge in [0.2, 0.25) is 5.75 Å². The molecule has 0 saturated heterocycles. The summed E-state index contributed by atoms with van der Waals surface area (Å²) in [5, 5.41) is 0. The second kappa shape index (κ2) is 2.29. The average molecular weight is 170 g/mol. The van der Waals surface area contributed by atoms with Crippen molar-refractivity contribution in [1.82, 2.24) is 9.97 Å². The van der Waals surface area contributed by atoms with Crippen molar-refractivity contribution in [2.24, 2.45) is 0 Å². The number of fused-ring (bicyclic) bond motifs is 1. The number of hydrogen-bond donors (Lipinski definition) is 0. The molecule has 1 aliphatic rings. The zero-order valence-corrected chi connectivity index (χ0v) is 6.77. The lowest BCUT2D eigenvalue weighted by atomic mass is 10.2. The zero-order chi connectivity index (χ0) is 8.67. The number of benzene rings is 1. The van der Waals surface area contributed by atoms with E-state index < -0.39 is 0 Å². The Balaban J connectivity index is 2.11. The van der Waals surface area contributed by atoms with Crippen LogP contribution in [-0.2, 0) is 0 Å². The Kier molecular flexibility index (Phi) is 1.16. The standard InChI is InChI=1S/C10H6N2O/c1-2-4-7(5-3-1)9-11-6-8-10(12-9)13-8/h1-6H. The summed E-state index contributed by atoms with van der Waals surface area (Å²) in [5.74, 6) is 2.21. The van der Waals surface area contributed by atoms with Gasteiger partial charge in [-0.2, -0.15) is 4.98 Å². The van der Waals surface area contributed by atoms with Crippen LogP contribution in [0.3, 0.4) is 0 Å². The van der Waals surface area contributed by atoms with Gasteiger partial charge in [-0.1, -0.05) is 30.3 Å². The van der Waals surface area contributed by atoms with Crippen molar-refractivity contribution in [3.63, 3.8) is 0 Å². The maximum atomic E-state index is 5.03. The molecule has 0 spiro atoms. The normalized spacial score (nSPS) is 11.7. The molecule has 0 atom stereocenters. The highest BCUT2D eigenvalue weighted by Gasteiger charge is 2.23. The van der Waals surface area contributed by atoms with Gasteiger partial charge in [-0.3, -0.25) is 0 Å². The molecule has 62 valence electrons. The van der Waals surface area contributed by atoms with Crippen LogP contribution in [0.15, 0.2) is 36.5 Å². The lowest BCUT2D eigenvalue weighted by molar-refractivity contribution is 0.635. The lowest BCUT2D eigenvalue weighted by Gasteiger charge is -1.94. The SMILES string of the molecule is c1ccc(-c2ncc3c(n2)O3)cc1. The summed E-state index contributed by atoms with van der Waals surface area (Å²) in [7, 11) is 0. The van der Waals surface area contributed by atoms with Gasteiger partial charge in [0, 0.05) is 5.56 Å². The molecule has 1 aromatic carbocycles. The van der Waals surface area contributed by atoms with E-state index >= 15 is 0 Å². The molecule has 1 aromatic heterocycles. The fourth-order valence-corrected chi connectivity index (χ4v) is 1.21. The van der Waals surface area contributed by atoms with Crippen molar-refractivity contribution < 1.29 is 4.74 Å². The molecule has 0 unspecified atom stereocenters. The van der Waals surface area contributed by atoms with E-state index in [1.165, 1.54) is 0 Å². The highest BCUT2D eigenvalue weighted by atomic mass is 16.6. The number of rotatable bonds is 1. The van der Waals surface area contributed by atoms with Crippen LogP contribution in [0, 0.1) is 0 Å². The molecule has 0 N–H and O–H groups in total. The molecule has 13 heavy (non-hydrogen) atoms. The molecule has 0 bridgehead atoms. The quantitative estimate of drug-likeness (QED) is 0.526. The molecule has 0 fully saturated rings. The van der Waals surface area contributed by atoms with Gasteiger partial charge in [0.15, 0.2) is 5.82 Å². The average Bonchev–Trinajstić information content (AvgIpc) is 2.96. The molecule has 3 rings (SSSR count).